The summed E-state index contributed by atoms with van der Waals surface area (Å²) in [7, 11) is 1.51. The predicted molar refractivity (Wildman–Crippen MR) is 47.0 cm³/mol. The van der Waals surface area contributed by atoms with E-state index in [1.165, 1.54) is 13.2 Å². The van der Waals surface area contributed by atoms with Gasteiger partial charge < -0.3 is 19.7 Å². The van der Waals surface area contributed by atoms with Crippen molar-refractivity contribution in [1.82, 2.24) is 0 Å². The number of ether oxygens (including phenoxy) is 2. The van der Waals surface area contributed by atoms with E-state index in [1.54, 1.807) is 13.0 Å². The number of phenols is 2. The summed E-state index contributed by atoms with van der Waals surface area (Å²) in [6, 6.07) is 2.94. The van der Waals surface area contributed by atoms with Gasteiger partial charge >= 0.3 is 0 Å². The van der Waals surface area contributed by atoms with Crippen LogP contribution in [0, 0.1) is 6.92 Å². The monoisotopic (exact) mass is 184 g/mol. The summed E-state index contributed by atoms with van der Waals surface area (Å²) in [5.74, 6) is 0.188. The van der Waals surface area contributed by atoms with Crippen LogP contribution in [-0.4, -0.2) is 24.1 Å². The van der Waals surface area contributed by atoms with Crippen LogP contribution in [0.25, 0.3) is 0 Å². The Labute approximate surface area is 76.3 Å². The molecule has 0 radical (unpaired) electrons. The van der Waals surface area contributed by atoms with Crippen molar-refractivity contribution in [3.05, 3.63) is 17.7 Å². The number of aromatic hydroxyl groups is 2. The normalized spacial score (nSPS) is 10.0. The fraction of sp³-hybridized carbons (Fsp3) is 0.333. The Hall–Kier alpha value is -1.42. The Morgan fingerprint density at radius 1 is 1.31 bits per heavy atom. The zero-order valence-corrected chi connectivity index (χ0v) is 7.57. The fourth-order valence-electron chi connectivity index (χ4n) is 0.946. The lowest BCUT2D eigenvalue weighted by atomic mass is 10.2. The maximum Gasteiger partial charge on any atom is 0.188 e. The van der Waals surface area contributed by atoms with Crippen LogP contribution in [0.1, 0.15) is 5.56 Å². The number of phenolic OH excluding ortho intramolecular Hbond substituents is 2. The van der Waals surface area contributed by atoms with Crippen molar-refractivity contribution in [2.45, 2.75) is 6.92 Å². The zero-order valence-electron chi connectivity index (χ0n) is 7.57. The second kappa shape index (κ2) is 4.00. The average Bonchev–Trinajstić information content (AvgIpc) is 2.13. The molecule has 0 saturated heterocycles. The Morgan fingerprint density at radius 3 is 2.62 bits per heavy atom. The van der Waals surface area contributed by atoms with Crippen molar-refractivity contribution < 1.29 is 19.7 Å². The molecule has 1 aromatic rings. The van der Waals surface area contributed by atoms with E-state index < -0.39 is 0 Å². The molecule has 72 valence electrons. The average molecular weight is 184 g/mol. The highest BCUT2D eigenvalue weighted by Gasteiger charge is 2.08. The number of methoxy groups -OCH3 is 1. The molecule has 4 heteroatoms. The molecule has 0 unspecified atom stereocenters. The van der Waals surface area contributed by atoms with E-state index >= 15 is 0 Å². The largest absolute Gasteiger partial charge is 0.504 e. The van der Waals surface area contributed by atoms with Crippen LogP contribution >= 0.6 is 0 Å². The van der Waals surface area contributed by atoms with Crippen LogP contribution in [0.15, 0.2) is 12.1 Å². The third kappa shape index (κ3) is 2.03. The standard InChI is InChI=1S/C9H12O4/c1-6-8(13-5-12-2)4-3-7(10)9(6)11/h3-4,10-11H,5H2,1-2H3. The summed E-state index contributed by atoms with van der Waals surface area (Å²) < 4.78 is 9.83. The molecule has 0 aliphatic carbocycles. The summed E-state index contributed by atoms with van der Waals surface area (Å²) in [5, 5.41) is 18.4. The van der Waals surface area contributed by atoms with Gasteiger partial charge in [-0.1, -0.05) is 0 Å². The van der Waals surface area contributed by atoms with Crippen molar-refractivity contribution >= 4 is 0 Å². The van der Waals surface area contributed by atoms with E-state index in [0.29, 0.717) is 11.3 Å². The fourth-order valence-corrected chi connectivity index (χ4v) is 0.946. The van der Waals surface area contributed by atoms with Gasteiger partial charge in [0, 0.05) is 12.7 Å². The van der Waals surface area contributed by atoms with Crippen molar-refractivity contribution in [1.29, 1.82) is 0 Å². The SMILES string of the molecule is COCOc1ccc(O)c(O)c1C. The first kappa shape index (κ1) is 9.67. The third-order valence-corrected chi connectivity index (χ3v) is 1.69. The first-order valence-corrected chi connectivity index (χ1v) is 3.80. The van der Waals surface area contributed by atoms with Gasteiger partial charge in [0.05, 0.1) is 0 Å². The zero-order chi connectivity index (χ0) is 9.84. The Bertz CT molecular complexity index is 296. The van der Waals surface area contributed by atoms with E-state index in [0.717, 1.165) is 0 Å². The number of benzene rings is 1. The van der Waals surface area contributed by atoms with Crippen molar-refractivity contribution in [2.24, 2.45) is 0 Å². The molecule has 0 saturated carbocycles. The van der Waals surface area contributed by atoms with Crippen LogP contribution in [0.5, 0.6) is 17.2 Å². The molecule has 1 rings (SSSR count). The second-order valence-corrected chi connectivity index (χ2v) is 2.61. The molecular formula is C9H12O4. The van der Waals surface area contributed by atoms with Crippen LogP contribution in [-0.2, 0) is 4.74 Å². The number of hydrogen-bond donors (Lipinski definition) is 2. The molecule has 1 aromatic carbocycles. The van der Waals surface area contributed by atoms with Crippen LogP contribution < -0.4 is 4.74 Å². The van der Waals surface area contributed by atoms with Crippen molar-refractivity contribution in [3.8, 4) is 17.2 Å². The minimum absolute atomic E-state index is 0.116. The topological polar surface area (TPSA) is 58.9 Å². The number of hydrogen-bond acceptors (Lipinski definition) is 4. The summed E-state index contributed by atoms with van der Waals surface area (Å²) in [4.78, 5) is 0. The van der Waals surface area contributed by atoms with Gasteiger partial charge in [-0.05, 0) is 19.1 Å². The summed E-state index contributed by atoms with van der Waals surface area (Å²) in [6.07, 6.45) is 0. The second-order valence-electron chi connectivity index (χ2n) is 2.61. The molecule has 13 heavy (non-hydrogen) atoms. The highest BCUT2D eigenvalue weighted by atomic mass is 16.7. The predicted octanol–water partition coefficient (Wildman–Crippen LogP) is 1.39. The summed E-state index contributed by atoms with van der Waals surface area (Å²) in [5.41, 5.74) is 0.497. The lowest BCUT2D eigenvalue weighted by Crippen LogP contribution is -2.00. The highest BCUT2D eigenvalue weighted by Crippen LogP contribution is 2.34. The van der Waals surface area contributed by atoms with E-state index in [-0.39, 0.29) is 18.3 Å². The minimum Gasteiger partial charge on any atom is -0.504 e. The molecule has 0 aliphatic heterocycles. The Balaban J connectivity index is 2.90. The molecule has 4 nitrogen and oxygen atoms in total. The molecule has 0 aliphatic rings. The first-order chi connectivity index (χ1) is 6.16. The van der Waals surface area contributed by atoms with Gasteiger partial charge in [-0.25, -0.2) is 0 Å². The molecular weight excluding hydrogens is 172 g/mol. The molecule has 0 bridgehead atoms. The third-order valence-electron chi connectivity index (χ3n) is 1.69. The highest BCUT2D eigenvalue weighted by molar-refractivity contribution is 5.51. The molecule has 2 N–H and O–H groups in total. The van der Waals surface area contributed by atoms with Crippen LogP contribution in [0.2, 0.25) is 0 Å². The maximum atomic E-state index is 9.32. The van der Waals surface area contributed by atoms with E-state index in [2.05, 4.69) is 0 Å². The summed E-state index contributed by atoms with van der Waals surface area (Å²) >= 11 is 0. The van der Waals surface area contributed by atoms with Crippen molar-refractivity contribution in [3.63, 3.8) is 0 Å². The quantitative estimate of drug-likeness (QED) is 0.550. The summed E-state index contributed by atoms with van der Waals surface area (Å²) in [6.45, 7) is 1.77. The lowest BCUT2D eigenvalue weighted by molar-refractivity contribution is 0.0504. The number of rotatable bonds is 3. The van der Waals surface area contributed by atoms with Gasteiger partial charge in [0.1, 0.15) is 5.75 Å². The molecule has 0 atom stereocenters. The van der Waals surface area contributed by atoms with Gasteiger partial charge in [-0.15, -0.1) is 0 Å². The van der Waals surface area contributed by atoms with Gasteiger partial charge in [-0.3, -0.25) is 0 Å². The first-order valence-electron chi connectivity index (χ1n) is 3.80. The lowest BCUT2D eigenvalue weighted by Gasteiger charge is -2.09. The molecule has 0 amide bonds. The van der Waals surface area contributed by atoms with Gasteiger partial charge in [0.2, 0.25) is 0 Å². The van der Waals surface area contributed by atoms with Gasteiger partial charge in [-0.2, -0.15) is 0 Å². The smallest absolute Gasteiger partial charge is 0.188 e. The minimum atomic E-state index is -0.159. The molecule has 0 aromatic heterocycles. The molecule has 0 spiro atoms. The van der Waals surface area contributed by atoms with E-state index in [1.807, 2.05) is 0 Å². The maximum absolute atomic E-state index is 9.32. The Kier molecular flexibility index (Phi) is 2.97. The van der Waals surface area contributed by atoms with E-state index in [9.17, 15) is 5.11 Å². The van der Waals surface area contributed by atoms with Crippen LogP contribution in [0.4, 0.5) is 0 Å². The van der Waals surface area contributed by atoms with Gasteiger partial charge in [0.25, 0.3) is 0 Å². The van der Waals surface area contributed by atoms with Gasteiger partial charge in [0.15, 0.2) is 18.3 Å². The molecule has 0 heterocycles. The van der Waals surface area contributed by atoms with Crippen LogP contribution in [0.3, 0.4) is 0 Å². The van der Waals surface area contributed by atoms with Crippen molar-refractivity contribution in [2.75, 3.05) is 13.9 Å². The Morgan fingerprint density at radius 2 is 2.00 bits per heavy atom. The molecule has 0 fully saturated rings. The van der Waals surface area contributed by atoms with E-state index in [4.69, 9.17) is 14.6 Å².